The number of nitrogens with zero attached hydrogens (tertiary/aromatic N) is 2. The van der Waals surface area contributed by atoms with Crippen LogP contribution in [0, 0.1) is 0 Å². The zero-order valence-electron chi connectivity index (χ0n) is 10.6. The van der Waals surface area contributed by atoms with Gasteiger partial charge in [0.25, 0.3) is 0 Å². The third kappa shape index (κ3) is 3.05. The second-order valence-corrected chi connectivity index (χ2v) is 5.08. The molecule has 1 fully saturated rings. The highest BCUT2D eigenvalue weighted by atomic mass is 35.5. The number of aromatic nitrogens is 2. The van der Waals surface area contributed by atoms with Crippen molar-refractivity contribution in [3.63, 3.8) is 0 Å². The van der Waals surface area contributed by atoms with Crippen LogP contribution in [0.25, 0.3) is 0 Å². The lowest BCUT2D eigenvalue weighted by atomic mass is 10.2. The monoisotopic (exact) mass is 288 g/mol. The Labute approximate surface area is 121 Å². The molecule has 1 aromatic heterocycles. The smallest absolute Gasteiger partial charge is 0.229 e. The predicted octanol–water partition coefficient (Wildman–Crippen LogP) is 3.26. The minimum absolute atomic E-state index is 0.469. The maximum Gasteiger partial charge on any atom is 0.229 e. The summed E-state index contributed by atoms with van der Waals surface area (Å²) in [5, 5.41) is 6.85. The molecule has 0 saturated heterocycles. The van der Waals surface area contributed by atoms with Crippen LogP contribution in [-0.2, 0) is 0 Å². The number of hydrogen-bond donors (Lipinski definition) is 2. The Hall–Kier alpha value is -2.14. The summed E-state index contributed by atoms with van der Waals surface area (Å²) in [5.74, 6) is 1.12. The van der Waals surface area contributed by atoms with Crippen molar-refractivity contribution in [3.8, 4) is 0 Å². The summed E-state index contributed by atoms with van der Waals surface area (Å²) < 4.78 is 0. The highest BCUT2D eigenvalue weighted by Crippen LogP contribution is 2.28. The minimum Gasteiger partial charge on any atom is -0.366 e. The van der Waals surface area contributed by atoms with Gasteiger partial charge in [-0.25, -0.2) is 4.98 Å². The van der Waals surface area contributed by atoms with Crippen LogP contribution < -0.4 is 10.6 Å². The van der Waals surface area contributed by atoms with E-state index >= 15 is 0 Å². The fourth-order valence-electron chi connectivity index (χ4n) is 1.72. The lowest BCUT2D eigenvalue weighted by Gasteiger charge is -2.09. The average molecular weight is 289 g/mol. The molecule has 1 saturated carbocycles. The Kier molecular flexibility index (Phi) is 3.52. The topological polar surface area (TPSA) is 66.9 Å². The van der Waals surface area contributed by atoms with Gasteiger partial charge in [0.1, 0.15) is 11.3 Å². The van der Waals surface area contributed by atoms with Crippen LogP contribution in [0.3, 0.4) is 0 Å². The fourth-order valence-corrected chi connectivity index (χ4v) is 1.87. The van der Waals surface area contributed by atoms with Gasteiger partial charge in [0.15, 0.2) is 5.82 Å². The SMILES string of the molecule is O=Cc1ccc(Nc2ncc(Cl)c(NC3CC3)n2)cc1. The van der Waals surface area contributed by atoms with E-state index < -0.39 is 0 Å². The largest absolute Gasteiger partial charge is 0.366 e. The number of anilines is 3. The van der Waals surface area contributed by atoms with Crippen molar-refractivity contribution < 1.29 is 4.79 Å². The van der Waals surface area contributed by atoms with Crippen molar-refractivity contribution in [2.75, 3.05) is 10.6 Å². The predicted molar refractivity (Wildman–Crippen MR) is 78.8 cm³/mol. The van der Waals surface area contributed by atoms with Crippen molar-refractivity contribution in [1.29, 1.82) is 0 Å². The number of aldehydes is 1. The van der Waals surface area contributed by atoms with Gasteiger partial charge in [0.2, 0.25) is 5.95 Å². The first-order valence-electron chi connectivity index (χ1n) is 6.36. The molecule has 0 aliphatic heterocycles. The lowest BCUT2D eigenvalue weighted by Crippen LogP contribution is -2.06. The van der Waals surface area contributed by atoms with E-state index in [1.54, 1.807) is 30.5 Å². The molecule has 1 aliphatic rings. The molecule has 0 atom stereocenters. The summed E-state index contributed by atoms with van der Waals surface area (Å²) in [6, 6.07) is 7.54. The second-order valence-electron chi connectivity index (χ2n) is 4.67. The zero-order valence-corrected chi connectivity index (χ0v) is 11.4. The van der Waals surface area contributed by atoms with Crippen molar-refractivity contribution >= 4 is 35.3 Å². The Morgan fingerprint density at radius 3 is 2.65 bits per heavy atom. The van der Waals surface area contributed by atoms with E-state index in [-0.39, 0.29) is 0 Å². The zero-order chi connectivity index (χ0) is 13.9. The van der Waals surface area contributed by atoms with Crippen LogP contribution in [0.5, 0.6) is 0 Å². The van der Waals surface area contributed by atoms with E-state index in [4.69, 9.17) is 11.6 Å². The van der Waals surface area contributed by atoms with Gasteiger partial charge in [0, 0.05) is 17.3 Å². The Morgan fingerprint density at radius 2 is 2.00 bits per heavy atom. The first-order valence-corrected chi connectivity index (χ1v) is 6.74. The third-order valence-electron chi connectivity index (χ3n) is 2.97. The van der Waals surface area contributed by atoms with Gasteiger partial charge >= 0.3 is 0 Å². The van der Waals surface area contributed by atoms with Crippen LogP contribution in [0.1, 0.15) is 23.2 Å². The second kappa shape index (κ2) is 5.46. The van der Waals surface area contributed by atoms with Crippen LogP contribution in [-0.4, -0.2) is 22.3 Å². The van der Waals surface area contributed by atoms with Crippen LogP contribution in [0.4, 0.5) is 17.5 Å². The standard InChI is InChI=1S/C14H13ClN4O/c15-12-7-16-14(19-13(12)17-10-5-6-10)18-11-3-1-9(8-20)2-4-11/h1-4,7-8,10H,5-6H2,(H2,16,17,18,19). The van der Waals surface area contributed by atoms with Gasteiger partial charge in [-0.2, -0.15) is 4.98 Å². The molecule has 102 valence electrons. The molecule has 20 heavy (non-hydrogen) atoms. The maximum absolute atomic E-state index is 10.6. The molecule has 1 heterocycles. The third-order valence-corrected chi connectivity index (χ3v) is 3.24. The van der Waals surface area contributed by atoms with Gasteiger partial charge in [-0.05, 0) is 37.1 Å². The highest BCUT2D eigenvalue weighted by molar-refractivity contribution is 6.32. The van der Waals surface area contributed by atoms with Gasteiger partial charge in [-0.15, -0.1) is 0 Å². The first kappa shape index (κ1) is 12.9. The molecule has 6 heteroatoms. The molecule has 3 rings (SSSR count). The molecule has 1 aromatic carbocycles. The normalized spacial score (nSPS) is 13.8. The van der Waals surface area contributed by atoms with E-state index in [1.807, 2.05) is 0 Å². The van der Waals surface area contributed by atoms with E-state index in [9.17, 15) is 4.79 Å². The molecule has 0 radical (unpaired) electrons. The number of rotatable bonds is 5. The number of carbonyl (C=O) groups excluding carboxylic acids is 1. The average Bonchev–Trinajstić information content (AvgIpc) is 3.27. The summed E-state index contributed by atoms with van der Waals surface area (Å²) >= 11 is 6.06. The molecule has 0 bridgehead atoms. The van der Waals surface area contributed by atoms with Crippen molar-refractivity contribution in [3.05, 3.63) is 41.0 Å². The summed E-state index contributed by atoms with van der Waals surface area (Å²) in [6.45, 7) is 0. The number of benzene rings is 1. The molecule has 1 aliphatic carbocycles. The molecular weight excluding hydrogens is 276 g/mol. The van der Waals surface area contributed by atoms with Gasteiger partial charge in [-0.3, -0.25) is 4.79 Å². The highest BCUT2D eigenvalue weighted by Gasteiger charge is 2.22. The van der Waals surface area contributed by atoms with Crippen LogP contribution in [0.15, 0.2) is 30.5 Å². The van der Waals surface area contributed by atoms with E-state index in [0.717, 1.165) is 24.8 Å². The molecule has 2 aromatic rings. The molecule has 0 unspecified atom stereocenters. The molecule has 5 nitrogen and oxygen atoms in total. The molecule has 0 spiro atoms. The summed E-state index contributed by atoms with van der Waals surface area (Å²) in [4.78, 5) is 19.1. The maximum atomic E-state index is 10.6. The van der Waals surface area contributed by atoms with E-state index in [1.165, 1.54) is 0 Å². The summed E-state index contributed by atoms with van der Waals surface area (Å²) in [5.41, 5.74) is 1.44. The number of carbonyl (C=O) groups is 1. The van der Waals surface area contributed by atoms with Crippen LogP contribution in [0.2, 0.25) is 5.02 Å². The summed E-state index contributed by atoms with van der Waals surface area (Å²) in [6.07, 6.45) is 4.67. The minimum atomic E-state index is 0.469. The van der Waals surface area contributed by atoms with Crippen LogP contribution >= 0.6 is 11.6 Å². The number of nitrogens with one attached hydrogen (secondary N) is 2. The Morgan fingerprint density at radius 1 is 1.25 bits per heavy atom. The fraction of sp³-hybridized carbons (Fsp3) is 0.214. The molecular formula is C14H13ClN4O. The molecule has 2 N–H and O–H groups in total. The van der Waals surface area contributed by atoms with Gasteiger partial charge in [0.05, 0.1) is 6.20 Å². The number of hydrogen-bond acceptors (Lipinski definition) is 5. The van der Waals surface area contributed by atoms with Crippen molar-refractivity contribution in [2.45, 2.75) is 18.9 Å². The Bertz CT molecular complexity index is 626. The summed E-state index contributed by atoms with van der Waals surface area (Å²) in [7, 11) is 0. The number of halogens is 1. The van der Waals surface area contributed by atoms with Gasteiger partial charge in [-0.1, -0.05) is 11.6 Å². The van der Waals surface area contributed by atoms with Crippen molar-refractivity contribution in [2.24, 2.45) is 0 Å². The molecule has 0 amide bonds. The first-order chi connectivity index (χ1) is 9.74. The Balaban J connectivity index is 1.76. The van der Waals surface area contributed by atoms with Gasteiger partial charge < -0.3 is 10.6 Å². The quantitative estimate of drug-likeness (QED) is 0.827. The lowest BCUT2D eigenvalue weighted by molar-refractivity contribution is 0.112. The van der Waals surface area contributed by atoms with E-state index in [0.29, 0.717) is 28.4 Å². The van der Waals surface area contributed by atoms with Crippen molar-refractivity contribution in [1.82, 2.24) is 9.97 Å². The van der Waals surface area contributed by atoms with E-state index in [2.05, 4.69) is 20.6 Å².